The highest BCUT2D eigenvalue weighted by Crippen LogP contribution is 2.08. The molecule has 0 bridgehead atoms. The van der Waals surface area contributed by atoms with Gasteiger partial charge in [-0.25, -0.2) is 0 Å². The molecule has 2 amide bonds. The van der Waals surface area contributed by atoms with Crippen molar-refractivity contribution >= 4 is 17.9 Å². The number of nitrogens with zero attached hydrogens (tertiary/aromatic N) is 1. The molecule has 3 rings (SSSR count). The first-order chi connectivity index (χ1) is 15.0. The van der Waals surface area contributed by atoms with Crippen molar-refractivity contribution in [2.45, 2.75) is 26.3 Å². The molecule has 5 nitrogen and oxygen atoms in total. The second kappa shape index (κ2) is 11.5. The fraction of sp³-hybridized carbons (Fsp3) is 0.385. The molecule has 1 aliphatic heterocycles. The Hall–Kier alpha value is -2.92. The number of hydrogen-bond donors (Lipinski definition) is 2. The second-order valence-electron chi connectivity index (χ2n) is 8.54. The summed E-state index contributed by atoms with van der Waals surface area (Å²) < 4.78 is 0. The first kappa shape index (κ1) is 22.8. The van der Waals surface area contributed by atoms with Crippen LogP contribution in [0.5, 0.6) is 0 Å². The van der Waals surface area contributed by atoms with Crippen molar-refractivity contribution < 1.29 is 14.5 Å². The van der Waals surface area contributed by atoms with E-state index >= 15 is 0 Å². The lowest BCUT2D eigenvalue weighted by Crippen LogP contribution is -3.14. The standard InChI is InChI=1S/C26H33N3O2/c1-21(2)25(27-24(30)20-23-12-7-4-8-13-23)26(31)29-18-16-28(17-19-29)15-9-14-22-10-5-3-6-11-22/h3-14,21,25H,15-20H2,1-2H3,(H,27,30)/p+1/b14-9+/t25-/m0/s1. The molecule has 0 aliphatic carbocycles. The van der Waals surface area contributed by atoms with Crippen molar-refractivity contribution in [1.29, 1.82) is 0 Å². The maximum atomic E-state index is 13.1. The molecule has 5 heteroatoms. The Bertz CT molecular complexity index is 857. The SMILES string of the molecule is CC(C)[C@H](NC(=O)Cc1ccccc1)C(=O)N1CC[NH+](C/C=C/c2ccccc2)CC1. The highest BCUT2D eigenvalue weighted by atomic mass is 16.2. The summed E-state index contributed by atoms with van der Waals surface area (Å²) in [6, 6.07) is 19.5. The third-order valence-corrected chi connectivity index (χ3v) is 5.76. The molecule has 1 heterocycles. The van der Waals surface area contributed by atoms with Crippen LogP contribution in [0.2, 0.25) is 0 Å². The van der Waals surface area contributed by atoms with Gasteiger partial charge in [-0.15, -0.1) is 0 Å². The van der Waals surface area contributed by atoms with E-state index in [9.17, 15) is 9.59 Å². The van der Waals surface area contributed by atoms with E-state index in [0.29, 0.717) is 6.42 Å². The molecule has 2 aromatic carbocycles. The molecule has 0 aromatic heterocycles. The van der Waals surface area contributed by atoms with Gasteiger partial charge in [0, 0.05) is 0 Å². The van der Waals surface area contributed by atoms with E-state index in [0.717, 1.165) is 38.3 Å². The number of nitrogens with one attached hydrogen (secondary N) is 2. The Kier molecular flexibility index (Phi) is 8.42. The third kappa shape index (κ3) is 7.07. The van der Waals surface area contributed by atoms with Crippen LogP contribution in [0, 0.1) is 5.92 Å². The van der Waals surface area contributed by atoms with E-state index in [4.69, 9.17) is 0 Å². The van der Waals surface area contributed by atoms with Gasteiger partial charge in [-0.05, 0) is 23.1 Å². The van der Waals surface area contributed by atoms with E-state index in [1.807, 2.05) is 67.3 Å². The van der Waals surface area contributed by atoms with Crippen LogP contribution in [0.3, 0.4) is 0 Å². The Morgan fingerprint density at radius 3 is 2.23 bits per heavy atom. The highest BCUT2D eigenvalue weighted by Gasteiger charge is 2.31. The third-order valence-electron chi connectivity index (χ3n) is 5.76. The predicted octanol–water partition coefficient (Wildman–Crippen LogP) is 1.81. The maximum absolute atomic E-state index is 13.1. The molecule has 164 valence electrons. The Balaban J connectivity index is 1.48. The topological polar surface area (TPSA) is 53.9 Å². The number of carbonyl (C=O) groups is 2. The van der Waals surface area contributed by atoms with Crippen molar-refractivity contribution in [1.82, 2.24) is 10.2 Å². The van der Waals surface area contributed by atoms with Gasteiger partial charge >= 0.3 is 0 Å². The monoisotopic (exact) mass is 420 g/mol. The van der Waals surface area contributed by atoms with Gasteiger partial charge in [-0.1, -0.05) is 80.6 Å². The fourth-order valence-electron chi connectivity index (χ4n) is 3.89. The minimum Gasteiger partial charge on any atom is -0.344 e. The number of quaternary nitrogens is 1. The van der Waals surface area contributed by atoms with Crippen LogP contribution in [-0.2, 0) is 16.0 Å². The summed E-state index contributed by atoms with van der Waals surface area (Å²) >= 11 is 0. The maximum Gasteiger partial charge on any atom is 0.245 e. The molecule has 1 aliphatic rings. The molecular weight excluding hydrogens is 386 g/mol. The van der Waals surface area contributed by atoms with E-state index in [-0.39, 0.29) is 17.7 Å². The van der Waals surface area contributed by atoms with Gasteiger partial charge in [0.05, 0.1) is 39.1 Å². The van der Waals surface area contributed by atoms with Crippen LogP contribution in [0.4, 0.5) is 0 Å². The zero-order valence-electron chi connectivity index (χ0n) is 18.6. The molecular formula is C26H34N3O2+. The first-order valence-corrected chi connectivity index (χ1v) is 11.2. The summed E-state index contributed by atoms with van der Waals surface area (Å²) in [5, 5.41) is 2.98. The number of rotatable bonds is 8. The Morgan fingerprint density at radius 1 is 1.00 bits per heavy atom. The quantitative estimate of drug-likeness (QED) is 0.684. The van der Waals surface area contributed by atoms with Crippen molar-refractivity contribution in [2.75, 3.05) is 32.7 Å². The van der Waals surface area contributed by atoms with Crippen LogP contribution in [-0.4, -0.2) is 55.5 Å². The lowest BCUT2D eigenvalue weighted by molar-refractivity contribution is -0.898. The van der Waals surface area contributed by atoms with Gasteiger partial charge in [-0.3, -0.25) is 9.59 Å². The zero-order chi connectivity index (χ0) is 22.1. The average Bonchev–Trinajstić information content (AvgIpc) is 2.79. The summed E-state index contributed by atoms with van der Waals surface area (Å²) in [5.41, 5.74) is 2.16. The molecule has 2 N–H and O–H groups in total. The number of hydrogen-bond acceptors (Lipinski definition) is 2. The van der Waals surface area contributed by atoms with Gasteiger partial charge in [0.1, 0.15) is 6.04 Å². The Labute approximate surface area is 185 Å². The smallest absolute Gasteiger partial charge is 0.245 e. The molecule has 31 heavy (non-hydrogen) atoms. The molecule has 1 saturated heterocycles. The van der Waals surface area contributed by atoms with E-state index in [1.165, 1.54) is 10.5 Å². The normalized spacial score (nSPS) is 15.9. The van der Waals surface area contributed by atoms with Crippen molar-refractivity contribution in [3.05, 3.63) is 77.9 Å². The molecule has 0 spiro atoms. The summed E-state index contributed by atoms with van der Waals surface area (Å²) in [5.74, 6) is -0.0183. The van der Waals surface area contributed by atoms with E-state index < -0.39 is 6.04 Å². The van der Waals surface area contributed by atoms with Gasteiger partial charge < -0.3 is 15.1 Å². The number of piperazine rings is 1. The average molecular weight is 421 g/mol. The van der Waals surface area contributed by atoms with E-state index in [1.54, 1.807) is 0 Å². The molecule has 0 saturated carbocycles. The van der Waals surface area contributed by atoms with Crippen LogP contribution in [0.25, 0.3) is 6.08 Å². The zero-order valence-corrected chi connectivity index (χ0v) is 18.6. The first-order valence-electron chi connectivity index (χ1n) is 11.2. The highest BCUT2D eigenvalue weighted by molar-refractivity contribution is 5.88. The second-order valence-corrected chi connectivity index (χ2v) is 8.54. The minimum absolute atomic E-state index is 0.0373. The Morgan fingerprint density at radius 2 is 1.61 bits per heavy atom. The van der Waals surface area contributed by atoms with E-state index in [2.05, 4.69) is 29.6 Å². The molecule has 0 unspecified atom stereocenters. The van der Waals surface area contributed by atoms with Gasteiger partial charge in [0.25, 0.3) is 0 Å². The molecule has 1 atom stereocenters. The largest absolute Gasteiger partial charge is 0.344 e. The number of benzene rings is 2. The molecule has 2 aromatic rings. The molecule has 0 radical (unpaired) electrons. The number of carbonyl (C=O) groups excluding carboxylic acids is 2. The van der Waals surface area contributed by atoms with Gasteiger partial charge in [0.2, 0.25) is 11.8 Å². The lowest BCUT2D eigenvalue weighted by Gasteiger charge is -2.35. The lowest BCUT2D eigenvalue weighted by atomic mass is 10.0. The van der Waals surface area contributed by atoms with Crippen molar-refractivity contribution in [2.24, 2.45) is 5.92 Å². The molecule has 1 fully saturated rings. The van der Waals surface area contributed by atoms with Crippen LogP contribution in [0.15, 0.2) is 66.7 Å². The summed E-state index contributed by atoms with van der Waals surface area (Å²) in [4.78, 5) is 29.0. The number of amides is 2. The summed E-state index contributed by atoms with van der Waals surface area (Å²) in [6.07, 6.45) is 4.66. The van der Waals surface area contributed by atoms with Crippen LogP contribution in [0.1, 0.15) is 25.0 Å². The van der Waals surface area contributed by atoms with Gasteiger partial charge in [-0.2, -0.15) is 0 Å². The fourth-order valence-corrected chi connectivity index (χ4v) is 3.89. The summed E-state index contributed by atoms with van der Waals surface area (Å²) in [6.45, 7) is 8.23. The van der Waals surface area contributed by atoms with Crippen LogP contribution >= 0.6 is 0 Å². The predicted molar refractivity (Wildman–Crippen MR) is 125 cm³/mol. The van der Waals surface area contributed by atoms with Crippen LogP contribution < -0.4 is 10.2 Å². The van der Waals surface area contributed by atoms with Gasteiger partial charge in [0.15, 0.2) is 0 Å². The summed E-state index contributed by atoms with van der Waals surface area (Å²) in [7, 11) is 0. The van der Waals surface area contributed by atoms with Crippen molar-refractivity contribution in [3.63, 3.8) is 0 Å². The van der Waals surface area contributed by atoms with Crippen molar-refractivity contribution in [3.8, 4) is 0 Å². The minimum atomic E-state index is -0.476.